The van der Waals surface area contributed by atoms with Crippen LogP contribution >= 0.6 is 11.8 Å². The predicted molar refractivity (Wildman–Crippen MR) is 143 cm³/mol. The monoisotopic (exact) mass is 502 g/mol. The average molecular weight is 503 g/mol. The molecule has 2 N–H and O–H groups in total. The highest BCUT2D eigenvalue weighted by Gasteiger charge is 2.23. The van der Waals surface area contributed by atoms with Crippen LogP contribution in [0.4, 0.5) is 17.3 Å². The first kappa shape index (κ1) is 23.0. The number of hydrogen-bond donors (Lipinski definition) is 2. The quantitative estimate of drug-likeness (QED) is 0.386. The first-order valence-corrected chi connectivity index (χ1v) is 13.5. The van der Waals surface area contributed by atoms with Crippen molar-refractivity contribution < 1.29 is 0 Å². The molecular weight excluding hydrogens is 472 g/mol. The summed E-state index contributed by atoms with van der Waals surface area (Å²) < 4.78 is 1.88. The Morgan fingerprint density at radius 2 is 1.83 bits per heavy atom. The second kappa shape index (κ2) is 9.93. The molecule has 1 aliphatic carbocycles. The van der Waals surface area contributed by atoms with Crippen molar-refractivity contribution in [3.63, 3.8) is 0 Å². The summed E-state index contributed by atoms with van der Waals surface area (Å²) in [7, 11) is 0. The lowest BCUT2D eigenvalue weighted by Crippen LogP contribution is -2.34. The topological polar surface area (TPSA) is 105 Å². The summed E-state index contributed by atoms with van der Waals surface area (Å²) in [6, 6.07) is 10.4. The fourth-order valence-electron chi connectivity index (χ4n) is 5.37. The first-order valence-electron chi connectivity index (χ1n) is 12.7. The molecular formula is C26H30N8OS. The summed E-state index contributed by atoms with van der Waals surface area (Å²) in [5, 5.41) is 12.6. The largest absolute Gasteiger partial charge is 0.371 e. The van der Waals surface area contributed by atoms with E-state index in [4.69, 9.17) is 4.98 Å². The summed E-state index contributed by atoms with van der Waals surface area (Å²) in [5.41, 5.74) is 3.82. The Hall–Kier alpha value is -3.40. The minimum atomic E-state index is 0.0314. The van der Waals surface area contributed by atoms with Gasteiger partial charge in [0.1, 0.15) is 12.0 Å². The van der Waals surface area contributed by atoms with E-state index in [0.29, 0.717) is 11.2 Å². The van der Waals surface area contributed by atoms with Crippen LogP contribution in [0.1, 0.15) is 50.1 Å². The van der Waals surface area contributed by atoms with E-state index in [1.165, 1.54) is 5.69 Å². The molecule has 4 aromatic rings. The Bertz CT molecular complexity index is 1390. The SMILES string of the molecule is Cc1cc(=O)n(C2CCCC2)c2nc(Nc3ccc(N4CCC(Sc5ncn[nH]5)CC4)cc3)ncc12. The number of nitrogens with zero attached hydrogens (tertiary/aromatic N) is 6. The Kier molecular flexibility index (Phi) is 6.35. The van der Waals surface area contributed by atoms with Crippen molar-refractivity contribution in [2.24, 2.45) is 0 Å². The van der Waals surface area contributed by atoms with E-state index in [1.807, 2.05) is 17.7 Å². The Balaban J connectivity index is 1.16. The van der Waals surface area contributed by atoms with Crippen LogP contribution in [0.25, 0.3) is 11.0 Å². The number of rotatable bonds is 6. The lowest BCUT2D eigenvalue weighted by molar-refractivity contribution is 0.515. The van der Waals surface area contributed by atoms with Gasteiger partial charge >= 0.3 is 0 Å². The fraction of sp³-hybridized carbons (Fsp3) is 0.423. The predicted octanol–water partition coefficient (Wildman–Crippen LogP) is 4.84. The molecule has 0 unspecified atom stereocenters. The number of aromatic amines is 1. The van der Waals surface area contributed by atoms with Crippen molar-refractivity contribution >= 4 is 40.1 Å². The van der Waals surface area contributed by atoms with Crippen molar-refractivity contribution in [3.05, 3.63) is 58.8 Å². The number of hydrogen-bond acceptors (Lipinski definition) is 8. The highest BCUT2D eigenvalue weighted by atomic mass is 32.2. The van der Waals surface area contributed by atoms with Gasteiger partial charge in [-0.3, -0.25) is 14.5 Å². The molecule has 0 amide bonds. The second-order valence-electron chi connectivity index (χ2n) is 9.67. The molecule has 186 valence electrons. The van der Waals surface area contributed by atoms with Crippen molar-refractivity contribution in [2.75, 3.05) is 23.3 Å². The van der Waals surface area contributed by atoms with E-state index in [1.54, 1.807) is 24.2 Å². The Morgan fingerprint density at radius 3 is 2.56 bits per heavy atom. The number of fused-ring (bicyclic) bond motifs is 1. The smallest absolute Gasteiger partial charge is 0.252 e. The summed E-state index contributed by atoms with van der Waals surface area (Å²) in [4.78, 5) is 28.9. The molecule has 0 atom stereocenters. The summed E-state index contributed by atoms with van der Waals surface area (Å²) in [6.45, 7) is 3.99. The minimum absolute atomic E-state index is 0.0314. The number of anilines is 3. The normalized spacial score (nSPS) is 17.2. The van der Waals surface area contributed by atoms with E-state index in [-0.39, 0.29) is 11.6 Å². The molecule has 36 heavy (non-hydrogen) atoms. The standard InChI is InChI=1S/C26H30N8OS/c1-17-14-23(35)34(20-4-2-3-5-20)24-22(17)15-27-25(31-24)30-18-6-8-19(9-7-18)33-12-10-21(11-13-33)36-26-28-16-29-32-26/h6-9,14-16,20-21H,2-5,10-13H2,1H3,(H,27,30,31)(H,28,29,32). The maximum absolute atomic E-state index is 12.9. The summed E-state index contributed by atoms with van der Waals surface area (Å²) in [6.07, 6.45) is 9.99. The van der Waals surface area contributed by atoms with Crippen LogP contribution in [-0.2, 0) is 0 Å². The third kappa shape index (κ3) is 4.69. The van der Waals surface area contributed by atoms with Crippen LogP contribution < -0.4 is 15.8 Å². The summed E-state index contributed by atoms with van der Waals surface area (Å²) >= 11 is 1.78. The third-order valence-corrected chi connectivity index (χ3v) is 8.52. The maximum Gasteiger partial charge on any atom is 0.252 e. The molecule has 0 radical (unpaired) electrons. The molecule has 3 aromatic heterocycles. The highest BCUT2D eigenvalue weighted by Crippen LogP contribution is 2.32. The lowest BCUT2D eigenvalue weighted by atomic mass is 10.1. The number of benzene rings is 1. The van der Waals surface area contributed by atoms with E-state index >= 15 is 0 Å². The molecule has 1 saturated heterocycles. The van der Waals surface area contributed by atoms with E-state index in [9.17, 15) is 4.79 Å². The molecule has 4 heterocycles. The van der Waals surface area contributed by atoms with Crippen LogP contribution in [0.5, 0.6) is 0 Å². The van der Waals surface area contributed by atoms with E-state index < -0.39 is 0 Å². The maximum atomic E-state index is 12.9. The molecule has 1 saturated carbocycles. The van der Waals surface area contributed by atoms with E-state index in [2.05, 4.69) is 54.6 Å². The Morgan fingerprint density at radius 1 is 1.06 bits per heavy atom. The highest BCUT2D eigenvalue weighted by molar-refractivity contribution is 7.99. The zero-order valence-electron chi connectivity index (χ0n) is 20.4. The molecule has 0 bridgehead atoms. The number of piperidine rings is 1. The molecule has 6 rings (SSSR count). The fourth-order valence-corrected chi connectivity index (χ4v) is 6.35. The number of nitrogens with one attached hydrogen (secondary N) is 2. The first-order chi connectivity index (χ1) is 17.6. The molecule has 2 fully saturated rings. The van der Waals surface area contributed by atoms with Gasteiger partial charge in [-0.2, -0.15) is 10.1 Å². The Labute approximate surface area is 213 Å². The van der Waals surface area contributed by atoms with Gasteiger partial charge in [0.2, 0.25) is 5.95 Å². The number of pyridine rings is 1. The molecule has 0 spiro atoms. The van der Waals surface area contributed by atoms with Gasteiger partial charge in [-0.25, -0.2) is 9.97 Å². The van der Waals surface area contributed by atoms with Crippen LogP contribution in [0, 0.1) is 6.92 Å². The van der Waals surface area contributed by atoms with Gasteiger partial charge in [0.15, 0.2) is 5.16 Å². The molecule has 1 aromatic carbocycles. The van der Waals surface area contributed by atoms with Gasteiger partial charge in [-0.05, 0) is 62.4 Å². The third-order valence-electron chi connectivity index (χ3n) is 7.29. The lowest BCUT2D eigenvalue weighted by Gasteiger charge is -2.33. The van der Waals surface area contributed by atoms with Gasteiger partial charge < -0.3 is 10.2 Å². The van der Waals surface area contributed by atoms with Gasteiger partial charge in [-0.1, -0.05) is 24.6 Å². The van der Waals surface area contributed by atoms with Crippen LogP contribution in [0.3, 0.4) is 0 Å². The molecule has 2 aliphatic rings. The summed E-state index contributed by atoms with van der Waals surface area (Å²) in [5.74, 6) is 0.511. The number of aromatic nitrogens is 6. The number of thioether (sulfide) groups is 1. The molecule has 9 nitrogen and oxygen atoms in total. The average Bonchev–Trinajstić information content (AvgIpc) is 3.60. The van der Waals surface area contributed by atoms with Gasteiger partial charge in [-0.15, -0.1) is 0 Å². The molecule has 1 aliphatic heterocycles. The number of aryl methyl sites for hydroxylation is 1. The van der Waals surface area contributed by atoms with Crippen LogP contribution in [0.15, 0.2) is 52.8 Å². The van der Waals surface area contributed by atoms with Crippen LogP contribution in [-0.4, -0.2) is 48.1 Å². The second-order valence-corrected chi connectivity index (χ2v) is 11.0. The molecule has 10 heteroatoms. The van der Waals surface area contributed by atoms with Crippen molar-refractivity contribution in [3.8, 4) is 0 Å². The zero-order valence-corrected chi connectivity index (χ0v) is 21.2. The van der Waals surface area contributed by atoms with Crippen molar-refractivity contribution in [2.45, 2.75) is 61.9 Å². The van der Waals surface area contributed by atoms with Crippen LogP contribution in [0.2, 0.25) is 0 Å². The van der Waals surface area contributed by atoms with Gasteiger partial charge in [0.25, 0.3) is 5.56 Å². The van der Waals surface area contributed by atoms with Gasteiger partial charge in [0, 0.05) is 53.4 Å². The zero-order chi connectivity index (χ0) is 24.5. The van der Waals surface area contributed by atoms with Crippen molar-refractivity contribution in [1.29, 1.82) is 0 Å². The van der Waals surface area contributed by atoms with E-state index in [0.717, 1.165) is 79.1 Å². The van der Waals surface area contributed by atoms with Crippen molar-refractivity contribution in [1.82, 2.24) is 29.7 Å². The van der Waals surface area contributed by atoms with Gasteiger partial charge in [0.05, 0.1) is 0 Å². The number of H-pyrrole nitrogens is 1. The minimum Gasteiger partial charge on any atom is -0.371 e.